The summed E-state index contributed by atoms with van der Waals surface area (Å²) in [5.74, 6) is 5.06. The summed E-state index contributed by atoms with van der Waals surface area (Å²) in [7, 11) is 0. The first-order valence-corrected chi connectivity index (χ1v) is 6.52. The summed E-state index contributed by atoms with van der Waals surface area (Å²) < 4.78 is 14.0. The highest BCUT2D eigenvalue weighted by atomic mass is 35.5. The molecule has 1 atom stereocenters. The van der Waals surface area contributed by atoms with Crippen LogP contribution in [0.3, 0.4) is 0 Å². The number of hydrogen-bond acceptors (Lipinski definition) is 2. The summed E-state index contributed by atoms with van der Waals surface area (Å²) in [4.78, 5) is 0. The number of halogens is 3. The first kappa shape index (κ1) is 14.3. The van der Waals surface area contributed by atoms with E-state index in [0.29, 0.717) is 17.0 Å². The van der Waals surface area contributed by atoms with Gasteiger partial charge in [0.2, 0.25) is 0 Å². The van der Waals surface area contributed by atoms with E-state index in [2.05, 4.69) is 5.43 Å². The molecule has 2 nitrogen and oxygen atoms in total. The molecule has 0 aliphatic rings. The quantitative estimate of drug-likeness (QED) is 0.664. The van der Waals surface area contributed by atoms with Gasteiger partial charge in [-0.05, 0) is 24.1 Å². The minimum Gasteiger partial charge on any atom is -0.271 e. The van der Waals surface area contributed by atoms with Gasteiger partial charge in [-0.1, -0.05) is 53.5 Å². The predicted molar refractivity (Wildman–Crippen MR) is 76.6 cm³/mol. The first-order chi connectivity index (χ1) is 9.13. The van der Waals surface area contributed by atoms with Gasteiger partial charge in [0.25, 0.3) is 0 Å². The molecule has 0 radical (unpaired) electrons. The fourth-order valence-electron chi connectivity index (χ4n) is 1.93. The molecule has 2 aromatic rings. The Bertz CT molecular complexity index is 575. The maximum absolute atomic E-state index is 14.0. The molecule has 100 valence electrons. The Kier molecular flexibility index (Phi) is 4.77. The monoisotopic (exact) mass is 298 g/mol. The van der Waals surface area contributed by atoms with Crippen LogP contribution in [0.15, 0.2) is 42.5 Å². The zero-order valence-electron chi connectivity index (χ0n) is 10.0. The fourth-order valence-corrected chi connectivity index (χ4v) is 2.33. The Morgan fingerprint density at radius 2 is 1.74 bits per heavy atom. The van der Waals surface area contributed by atoms with Crippen molar-refractivity contribution in [3.8, 4) is 0 Å². The van der Waals surface area contributed by atoms with E-state index in [1.807, 2.05) is 18.2 Å². The number of nitrogens with two attached hydrogens (primary N) is 1. The summed E-state index contributed by atoms with van der Waals surface area (Å²) in [5, 5.41) is 0.710. The molecule has 0 fully saturated rings. The summed E-state index contributed by atoms with van der Waals surface area (Å²) in [6.07, 6.45) is 0.480. The van der Waals surface area contributed by atoms with Gasteiger partial charge in [0.15, 0.2) is 0 Å². The van der Waals surface area contributed by atoms with Crippen molar-refractivity contribution in [1.82, 2.24) is 5.43 Å². The van der Waals surface area contributed by atoms with E-state index >= 15 is 0 Å². The van der Waals surface area contributed by atoms with Gasteiger partial charge >= 0.3 is 0 Å². The highest BCUT2D eigenvalue weighted by Gasteiger charge is 2.17. The minimum absolute atomic E-state index is 0.0805. The molecule has 0 saturated carbocycles. The van der Waals surface area contributed by atoms with Gasteiger partial charge in [-0.2, -0.15) is 0 Å². The lowest BCUT2D eigenvalue weighted by atomic mass is 9.99. The molecule has 0 spiro atoms. The van der Waals surface area contributed by atoms with Gasteiger partial charge in [-0.15, -0.1) is 0 Å². The molecule has 0 aliphatic heterocycles. The molecule has 5 heteroatoms. The lowest BCUT2D eigenvalue weighted by molar-refractivity contribution is 0.511. The zero-order chi connectivity index (χ0) is 13.8. The summed E-state index contributed by atoms with van der Waals surface area (Å²) in [6, 6.07) is 11.9. The Morgan fingerprint density at radius 3 is 2.42 bits per heavy atom. The van der Waals surface area contributed by atoms with E-state index < -0.39 is 11.9 Å². The van der Waals surface area contributed by atoms with Gasteiger partial charge in [-0.25, -0.2) is 4.39 Å². The largest absolute Gasteiger partial charge is 0.271 e. The van der Waals surface area contributed by atoms with Crippen molar-refractivity contribution in [2.45, 2.75) is 12.5 Å². The number of benzene rings is 2. The second kappa shape index (κ2) is 6.35. The normalized spacial score (nSPS) is 12.4. The summed E-state index contributed by atoms with van der Waals surface area (Å²) >= 11 is 11.9. The lowest BCUT2D eigenvalue weighted by Crippen LogP contribution is -2.30. The third kappa shape index (κ3) is 3.25. The van der Waals surface area contributed by atoms with Crippen molar-refractivity contribution >= 4 is 23.2 Å². The van der Waals surface area contributed by atoms with Gasteiger partial charge < -0.3 is 0 Å². The van der Waals surface area contributed by atoms with Crippen molar-refractivity contribution in [3.63, 3.8) is 0 Å². The molecule has 2 rings (SSSR count). The van der Waals surface area contributed by atoms with Crippen LogP contribution in [0.2, 0.25) is 10.0 Å². The van der Waals surface area contributed by atoms with E-state index in [9.17, 15) is 4.39 Å². The molecule has 19 heavy (non-hydrogen) atoms. The van der Waals surface area contributed by atoms with Gasteiger partial charge in [0.05, 0.1) is 11.1 Å². The molecule has 0 amide bonds. The fraction of sp³-hybridized carbons (Fsp3) is 0.143. The highest BCUT2D eigenvalue weighted by molar-refractivity contribution is 6.31. The van der Waals surface area contributed by atoms with Crippen LogP contribution < -0.4 is 11.3 Å². The number of nitrogens with one attached hydrogen (secondary N) is 1. The van der Waals surface area contributed by atoms with Crippen molar-refractivity contribution in [1.29, 1.82) is 0 Å². The Hall–Kier alpha value is -1.13. The maximum atomic E-state index is 14.0. The van der Waals surface area contributed by atoms with Crippen molar-refractivity contribution in [2.24, 2.45) is 5.84 Å². The summed E-state index contributed by atoms with van der Waals surface area (Å²) in [5.41, 5.74) is 3.93. The van der Waals surface area contributed by atoms with Crippen molar-refractivity contribution in [2.75, 3.05) is 0 Å². The van der Waals surface area contributed by atoms with E-state index in [-0.39, 0.29) is 5.02 Å². The Morgan fingerprint density at radius 1 is 1.05 bits per heavy atom. The van der Waals surface area contributed by atoms with Crippen LogP contribution in [0.1, 0.15) is 17.2 Å². The second-order valence-corrected chi connectivity index (χ2v) is 4.97. The zero-order valence-corrected chi connectivity index (χ0v) is 11.5. The highest BCUT2D eigenvalue weighted by Crippen LogP contribution is 2.27. The Labute approximate surface area is 121 Å². The molecule has 0 heterocycles. The minimum atomic E-state index is -0.459. The smallest absolute Gasteiger partial charge is 0.146 e. The number of hydrogen-bond donors (Lipinski definition) is 2. The molecular weight excluding hydrogens is 286 g/mol. The molecule has 0 aromatic heterocycles. The third-order valence-corrected chi connectivity index (χ3v) is 3.60. The molecule has 0 saturated heterocycles. The molecule has 2 aromatic carbocycles. The third-order valence-electron chi connectivity index (χ3n) is 2.94. The van der Waals surface area contributed by atoms with Crippen molar-refractivity contribution < 1.29 is 4.39 Å². The van der Waals surface area contributed by atoms with Gasteiger partial charge in [0.1, 0.15) is 5.82 Å². The van der Waals surface area contributed by atoms with E-state index in [1.54, 1.807) is 18.2 Å². The van der Waals surface area contributed by atoms with Crippen LogP contribution in [0.25, 0.3) is 0 Å². The number of hydrazine groups is 1. The van der Waals surface area contributed by atoms with E-state index in [1.165, 1.54) is 6.07 Å². The average molecular weight is 299 g/mol. The van der Waals surface area contributed by atoms with E-state index in [0.717, 1.165) is 5.56 Å². The molecule has 3 N–H and O–H groups in total. The topological polar surface area (TPSA) is 38.0 Å². The SMILES string of the molecule is NNC(Cc1ccccc1Cl)c1cccc(Cl)c1F. The van der Waals surface area contributed by atoms with Crippen LogP contribution in [-0.4, -0.2) is 0 Å². The molecule has 1 unspecified atom stereocenters. The summed E-state index contributed by atoms with van der Waals surface area (Å²) in [6.45, 7) is 0. The Balaban J connectivity index is 2.31. The molecule has 0 aliphatic carbocycles. The lowest BCUT2D eigenvalue weighted by Gasteiger charge is -2.18. The van der Waals surface area contributed by atoms with Crippen LogP contribution in [0.4, 0.5) is 4.39 Å². The average Bonchev–Trinajstić information content (AvgIpc) is 2.41. The van der Waals surface area contributed by atoms with Crippen LogP contribution in [0, 0.1) is 5.82 Å². The van der Waals surface area contributed by atoms with Crippen molar-refractivity contribution in [3.05, 3.63) is 69.5 Å². The van der Waals surface area contributed by atoms with Gasteiger partial charge in [0, 0.05) is 10.6 Å². The number of rotatable bonds is 4. The second-order valence-electron chi connectivity index (χ2n) is 4.16. The van der Waals surface area contributed by atoms with Crippen LogP contribution in [-0.2, 0) is 6.42 Å². The first-order valence-electron chi connectivity index (χ1n) is 5.77. The van der Waals surface area contributed by atoms with Crippen LogP contribution >= 0.6 is 23.2 Å². The van der Waals surface area contributed by atoms with Crippen LogP contribution in [0.5, 0.6) is 0 Å². The van der Waals surface area contributed by atoms with E-state index in [4.69, 9.17) is 29.0 Å². The molecular formula is C14H13Cl2FN2. The standard InChI is InChI=1S/C14H13Cl2FN2/c15-11-6-2-1-4-9(11)8-13(19-18)10-5-3-7-12(16)14(10)17/h1-7,13,19H,8,18H2. The molecule has 0 bridgehead atoms. The predicted octanol–water partition coefficient (Wildman–Crippen LogP) is 3.88. The van der Waals surface area contributed by atoms with Gasteiger partial charge in [-0.3, -0.25) is 11.3 Å². The maximum Gasteiger partial charge on any atom is 0.146 e.